The zero-order valence-electron chi connectivity index (χ0n) is 11.2. The van der Waals surface area contributed by atoms with Crippen LogP contribution in [0.3, 0.4) is 0 Å². The van der Waals surface area contributed by atoms with Crippen LogP contribution in [0.5, 0.6) is 0 Å². The Kier molecular flexibility index (Phi) is 4.31. The Bertz CT molecular complexity index is 862. The summed E-state index contributed by atoms with van der Waals surface area (Å²) in [6.45, 7) is 0. The maximum Gasteiger partial charge on any atom is 0.416 e. The van der Waals surface area contributed by atoms with Crippen molar-refractivity contribution in [1.29, 1.82) is 0 Å². The molecule has 23 heavy (non-hydrogen) atoms. The molecule has 0 spiro atoms. The smallest absolute Gasteiger partial charge is 0.166 e. The first-order valence-corrected chi connectivity index (χ1v) is 7.88. The van der Waals surface area contributed by atoms with Gasteiger partial charge in [-0.2, -0.15) is 13.2 Å². The fraction of sp³-hybridized carbons (Fsp3) is 0.0667. The minimum absolute atomic E-state index is 0.187. The SMILES string of the molecule is FC(F)(F)c1ccc(Cl)c(-c2nnc(-c3cccc(Cl)c3)s2)c1. The molecule has 0 unspecified atom stereocenters. The van der Waals surface area contributed by atoms with E-state index in [1.807, 2.05) is 0 Å². The quantitative estimate of drug-likeness (QED) is 0.533. The van der Waals surface area contributed by atoms with Crippen molar-refractivity contribution >= 4 is 34.5 Å². The van der Waals surface area contributed by atoms with Crippen LogP contribution < -0.4 is 0 Å². The summed E-state index contributed by atoms with van der Waals surface area (Å²) in [5.41, 5.74) is 0.160. The molecule has 3 aromatic rings. The monoisotopic (exact) mass is 374 g/mol. The maximum absolute atomic E-state index is 12.8. The molecule has 8 heteroatoms. The third-order valence-corrected chi connectivity index (χ3v) is 4.59. The molecule has 118 valence electrons. The highest BCUT2D eigenvalue weighted by Gasteiger charge is 2.31. The van der Waals surface area contributed by atoms with Gasteiger partial charge in [0.05, 0.1) is 10.6 Å². The summed E-state index contributed by atoms with van der Waals surface area (Å²) < 4.78 is 38.5. The fourth-order valence-electron chi connectivity index (χ4n) is 1.94. The first-order chi connectivity index (χ1) is 10.8. The van der Waals surface area contributed by atoms with Crippen LogP contribution in [0, 0.1) is 0 Å². The number of benzene rings is 2. The molecule has 0 N–H and O–H groups in total. The van der Waals surface area contributed by atoms with Gasteiger partial charge in [0.25, 0.3) is 0 Å². The van der Waals surface area contributed by atoms with E-state index in [2.05, 4.69) is 10.2 Å². The van der Waals surface area contributed by atoms with Crippen molar-refractivity contribution in [3.63, 3.8) is 0 Å². The van der Waals surface area contributed by atoms with E-state index in [9.17, 15) is 13.2 Å². The maximum atomic E-state index is 12.8. The largest absolute Gasteiger partial charge is 0.416 e. The number of hydrogen-bond acceptors (Lipinski definition) is 3. The standard InChI is InChI=1S/C15H7Cl2F3N2S/c16-10-3-1-2-8(6-10)13-21-22-14(23-13)11-7-9(15(18,19)20)4-5-12(11)17/h1-7H. The molecule has 0 fully saturated rings. The third-order valence-electron chi connectivity index (χ3n) is 3.02. The van der Waals surface area contributed by atoms with Crippen LogP contribution in [0.1, 0.15) is 5.56 Å². The molecule has 0 amide bonds. The van der Waals surface area contributed by atoms with Crippen molar-refractivity contribution in [3.05, 3.63) is 58.1 Å². The molecule has 2 aromatic carbocycles. The Labute approximate surface area is 143 Å². The van der Waals surface area contributed by atoms with Gasteiger partial charge in [-0.25, -0.2) is 0 Å². The Morgan fingerprint density at radius 3 is 2.35 bits per heavy atom. The van der Waals surface area contributed by atoms with E-state index in [1.165, 1.54) is 6.07 Å². The summed E-state index contributed by atoms with van der Waals surface area (Å²) in [5.74, 6) is 0. The summed E-state index contributed by atoms with van der Waals surface area (Å²) >= 11 is 13.1. The number of rotatable bonds is 2. The lowest BCUT2D eigenvalue weighted by molar-refractivity contribution is -0.137. The van der Waals surface area contributed by atoms with E-state index in [-0.39, 0.29) is 10.6 Å². The van der Waals surface area contributed by atoms with Gasteiger partial charge in [-0.3, -0.25) is 0 Å². The first kappa shape index (κ1) is 16.2. The summed E-state index contributed by atoms with van der Waals surface area (Å²) in [7, 11) is 0. The molecule has 0 aliphatic rings. The van der Waals surface area contributed by atoms with Gasteiger partial charge < -0.3 is 0 Å². The molecule has 0 radical (unpaired) electrons. The zero-order chi connectivity index (χ0) is 16.6. The normalized spacial score (nSPS) is 11.7. The molecule has 0 saturated carbocycles. The fourth-order valence-corrected chi connectivity index (χ4v) is 3.26. The molecule has 0 bridgehead atoms. The van der Waals surface area contributed by atoms with Crippen LogP contribution >= 0.6 is 34.5 Å². The van der Waals surface area contributed by atoms with Gasteiger partial charge in [0.15, 0.2) is 0 Å². The van der Waals surface area contributed by atoms with E-state index in [4.69, 9.17) is 23.2 Å². The molecule has 3 rings (SSSR count). The van der Waals surface area contributed by atoms with Gasteiger partial charge in [-0.05, 0) is 30.3 Å². The second kappa shape index (κ2) is 6.11. The number of nitrogens with zero attached hydrogens (tertiary/aromatic N) is 2. The second-order valence-corrected chi connectivity index (χ2v) is 6.44. The molecular weight excluding hydrogens is 368 g/mol. The van der Waals surface area contributed by atoms with Crippen molar-refractivity contribution < 1.29 is 13.2 Å². The highest BCUT2D eigenvalue weighted by Crippen LogP contribution is 2.38. The molecule has 0 saturated heterocycles. The van der Waals surface area contributed by atoms with Crippen molar-refractivity contribution in [1.82, 2.24) is 10.2 Å². The highest BCUT2D eigenvalue weighted by molar-refractivity contribution is 7.18. The lowest BCUT2D eigenvalue weighted by Crippen LogP contribution is -2.04. The molecule has 0 aliphatic heterocycles. The molecule has 1 aromatic heterocycles. The number of halogens is 5. The first-order valence-electron chi connectivity index (χ1n) is 6.31. The van der Waals surface area contributed by atoms with Crippen LogP contribution in [0.2, 0.25) is 10.0 Å². The molecule has 2 nitrogen and oxygen atoms in total. The molecular formula is C15H7Cl2F3N2S. The Balaban J connectivity index is 2.04. The third kappa shape index (κ3) is 3.49. The van der Waals surface area contributed by atoms with Crippen molar-refractivity contribution in [2.24, 2.45) is 0 Å². The summed E-state index contributed by atoms with van der Waals surface area (Å²) in [4.78, 5) is 0. The predicted molar refractivity (Wildman–Crippen MR) is 85.8 cm³/mol. The van der Waals surface area contributed by atoms with E-state index < -0.39 is 11.7 Å². The molecule has 0 atom stereocenters. The van der Waals surface area contributed by atoms with Crippen molar-refractivity contribution in [3.8, 4) is 21.1 Å². The Morgan fingerprint density at radius 1 is 0.913 bits per heavy atom. The molecule has 0 aliphatic carbocycles. The van der Waals surface area contributed by atoms with E-state index in [0.717, 1.165) is 29.0 Å². The van der Waals surface area contributed by atoms with Crippen LogP contribution in [-0.4, -0.2) is 10.2 Å². The lowest BCUT2D eigenvalue weighted by Gasteiger charge is -2.08. The van der Waals surface area contributed by atoms with E-state index >= 15 is 0 Å². The van der Waals surface area contributed by atoms with Gasteiger partial charge in [0.2, 0.25) is 0 Å². The topological polar surface area (TPSA) is 25.8 Å². The summed E-state index contributed by atoms with van der Waals surface area (Å²) in [5, 5.41) is 9.55. The van der Waals surface area contributed by atoms with Crippen LogP contribution in [0.4, 0.5) is 13.2 Å². The average Bonchev–Trinajstić information content (AvgIpc) is 2.96. The minimum Gasteiger partial charge on any atom is -0.166 e. The lowest BCUT2D eigenvalue weighted by atomic mass is 10.1. The average molecular weight is 375 g/mol. The minimum atomic E-state index is -4.44. The predicted octanol–water partition coefficient (Wildman–Crippen LogP) is 6.20. The van der Waals surface area contributed by atoms with Crippen LogP contribution in [0.15, 0.2) is 42.5 Å². The van der Waals surface area contributed by atoms with Crippen molar-refractivity contribution in [2.75, 3.05) is 0 Å². The second-order valence-electron chi connectivity index (χ2n) is 4.62. The Hall–Kier alpha value is -1.63. The highest BCUT2D eigenvalue weighted by atomic mass is 35.5. The van der Waals surface area contributed by atoms with Gasteiger partial charge in [-0.15, -0.1) is 10.2 Å². The van der Waals surface area contributed by atoms with E-state index in [0.29, 0.717) is 15.0 Å². The van der Waals surface area contributed by atoms with E-state index in [1.54, 1.807) is 24.3 Å². The number of alkyl halides is 3. The van der Waals surface area contributed by atoms with Gasteiger partial charge in [0.1, 0.15) is 10.0 Å². The summed E-state index contributed by atoms with van der Waals surface area (Å²) in [6, 6.07) is 10.1. The van der Waals surface area contributed by atoms with Gasteiger partial charge in [0, 0.05) is 16.1 Å². The Morgan fingerprint density at radius 2 is 1.65 bits per heavy atom. The number of hydrogen-bond donors (Lipinski definition) is 0. The number of aromatic nitrogens is 2. The van der Waals surface area contributed by atoms with Crippen molar-refractivity contribution in [2.45, 2.75) is 6.18 Å². The van der Waals surface area contributed by atoms with Gasteiger partial charge >= 0.3 is 6.18 Å². The van der Waals surface area contributed by atoms with Crippen LogP contribution in [0.25, 0.3) is 21.1 Å². The summed E-state index contributed by atoms with van der Waals surface area (Å²) in [6.07, 6.45) is -4.44. The molecule has 1 heterocycles. The van der Waals surface area contributed by atoms with Gasteiger partial charge in [-0.1, -0.05) is 46.7 Å². The zero-order valence-corrected chi connectivity index (χ0v) is 13.6. The van der Waals surface area contributed by atoms with Crippen LogP contribution in [-0.2, 0) is 6.18 Å².